The molecule has 3 aromatic rings. The number of pyridine rings is 1. The van der Waals surface area contributed by atoms with Gasteiger partial charge in [0.25, 0.3) is 5.91 Å². The minimum atomic E-state index is -0.361. The lowest BCUT2D eigenvalue weighted by atomic mass is 10.1. The monoisotopic (exact) mass is 540 g/mol. The smallest absolute Gasteiger partial charge is 0.276 e. The predicted octanol–water partition coefficient (Wildman–Crippen LogP) is 4.29. The first-order chi connectivity index (χ1) is 18.4. The van der Waals surface area contributed by atoms with Gasteiger partial charge in [0.05, 0.1) is 60.8 Å². The summed E-state index contributed by atoms with van der Waals surface area (Å²) in [6.07, 6.45) is 1.55. The third kappa shape index (κ3) is 7.26. The number of rotatable bonds is 11. The second kappa shape index (κ2) is 13.3. The number of amides is 1. The number of carbonyl (C=O) groups excluding carboxylic acids is 1. The molecule has 0 atom stereocenters. The summed E-state index contributed by atoms with van der Waals surface area (Å²) < 4.78 is 11.1. The van der Waals surface area contributed by atoms with Gasteiger partial charge in [-0.25, -0.2) is 10.5 Å². The molecular formula is C27H33ClN6O4. The van der Waals surface area contributed by atoms with Gasteiger partial charge >= 0.3 is 0 Å². The van der Waals surface area contributed by atoms with Crippen molar-refractivity contribution in [2.45, 2.75) is 0 Å². The summed E-state index contributed by atoms with van der Waals surface area (Å²) in [6.45, 7) is 4.15. The van der Waals surface area contributed by atoms with E-state index >= 15 is 0 Å². The van der Waals surface area contributed by atoms with Gasteiger partial charge in [-0.2, -0.15) is 0 Å². The lowest BCUT2D eigenvalue weighted by Gasteiger charge is -2.29. The number of hydrogen-bond donors (Lipinski definition) is 3. The molecule has 1 aliphatic heterocycles. The number of anilines is 5. The van der Waals surface area contributed by atoms with E-state index < -0.39 is 0 Å². The standard InChI is InChI=1S/C27H33ClN6O4/c1-33(2)10-15-38-32-27(35)20-6-4-5-7-22(20)30-24-17-26(29-18-21(24)28)31-23-9-8-19(16-25(23)36-3)34-11-13-37-14-12-34/h4-9,16-18H,10-15H2,1-3H3,(H,32,35)(H2,29,30,31). The zero-order valence-corrected chi connectivity index (χ0v) is 22.5. The van der Waals surface area contributed by atoms with Crippen LogP contribution in [0.2, 0.25) is 5.02 Å². The number of hydroxylamine groups is 1. The van der Waals surface area contributed by atoms with Crippen molar-refractivity contribution in [2.75, 3.05) is 76.2 Å². The highest BCUT2D eigenvalue weighted by atomic mass is 35.5. The van der Waals surface area contributed by atoms with E-state index in [1.54, 1.807) is 37.6 Å². The first kappa shape index (κ1) is 27.5. The Kier molecular flexibility index (Phi) is 9.61. The van der Waals surface area contributed by atoms with E-state index in [-0.39, 0.29) is 5.91 Å². The zero-order chi connectivity index (χ0) is 26.9. The Hall–Kier alpha value is -3.57. The minimum absolute atomic E-state index is 0.361. The number of para-hydroxylation sites is 1. The summed E-state index contributed by atoms with van der Waals surface area (Å²) in [6, 6.07) is 14.9. The van der Waals surface area contributed by atoms with E-state index in [1.165, 1.54) is 0 Å². The van der Waals surface area contributed by atoms with Crippen LogP contribution in [0.4, 0.5) is 28.6 Å². The second-order valence-electron chi connectivity index (χ2n) is 8.91. The zero-order valence-electron chi connectivity index (χ0n) is 21.8. The van der Waals surface area contributed by atoms with Crippen molar-refractivity contribution in [2.24, 2.45) is 0 Å². The molecule has 3 N–H and O–H groups in total. The molecule has 1 amide bonds. The minimum Gasteiger partial charge on any atom is -0.494 e. The Balaban J connectivity index is 1.48. The fourth-order valence-electron chi connectivity index (χ4n) is 3.88. The van der Waals surface area contributed by atoms with Crippen LogP contribution in [-0.4, -0.2) is 76.5 Å². The summed E-state index contributed by atoms with van der Waals surface area (Å²) in [5.41, 5.74) is 5.91. The van der Waals surface area contributed by atoms with E-state index in [0.717, 1.165) is 24.5 Å². The molecule has 202 valence electrons. The number of hydrogen-bond acceptors (Lipinski definition) is 9. The molecule has 0 spiro atoms. The quantitative estimate of drug-likeness (QED) is 0.243. The Morgan fingerprint density at radius 3 is 2.63 bits per heavy atom. The molecule has 0 aliphatic carbocycles. The number of halogens is 1. The molecule has 1 saturated heterocycles. The summed E-state index contributed by atoms with van der Waals surface area (Å²) in [4.78, 5) is 26.7. The van der Waals surface area contributed by atoms with Crippen LogP contribution in [-0.2, 0) is 9.57 Å². The molecule has 0 saturated carbocycles. The number of methoxy groups -OCH3 is 1. The van der Waals surface area contributed by atoms with Gasteiger partial charge in [0, 0.05) is 37.5 Å². The van der Waals surface area contributed by atoms with Gasteiger partial charge in [0.2, 0.25) is 0 Å². The third-order valence-corrected chi connectivity index (χ3v) is 6.23. The average molecular weight is 541 g/mol. The van der Waals surface area contributed by atoms with Crippen LogP contribution in [0.25, 0.3) is 0 Å². The molecule has 1 aliphatic rings. The Morgan fingerprint density at radius 1 is 1.08 bits per heavy atom. The van der Waals surface area contributed by atoms with Gasteiger partial charge < -0.3 is 29.9 Å². The predicted molar refractivity (Wildman–Crippen MR) is 150 cm³/mol. The number of benzene rings is 2. The van der Waals surface area contributed by atoms with Crippen LogP contribution in [0.5, 0.6) is 5.75 Å². The van der Waals surface area contributed by atoms with Crippen molar-refractivity contribution < 1.29 is 19.1 Å². The van der Waals surface area contributed by atoms with Crippen molar-refractivity contribution in [3.63, 3.8) is 0 Å². The van der Waals surface area contributed by atoms with Crippen molar-refractivity contribution >= 4 is 46.1 Å². The maximum absolute atomic E-state index is 12.7. The molecule has 4 rings (SSSR count). The highest BCUT2D eigenvalue weighted by Gasteiger charge is 2.16. The first-order valence-corrected chi connectivity index (χ1v) is 12.7. The van der Waals surface area contributed by atoms with Gasteiger partial charge in [-0.05, 0) is 38.4 Å². The van der Waals surface area contributed by atoms with E-state index in [1.807, 2.05) is 43.3 Å². The fourth-order valence-corrected chi connectivity index (χ4v) is 4.03. The summed E-state index contributed by atoms with van der Waals surface area (Å²) in [5, 5.41) is 6.96. The number of ether oxygens (including phenoxy) is 2. The van der Waals surface area contributed by atoms with Gasteiger partial charge in [-0.15, -0.1) is 0 Å². The molecule has 0 unspecified atom stereocenters. The lowest BCUT2D eigenvalue weighted by molar-refractivity contribution is 0.0263. The van der Waals surface area contributed by atoms with Crippen molar-refractivity contribution in [3.8, 4) is 5.75 Å². The second-order valence-corrected chi connectivity index (χ2v) is 9.32. The summed E-state index contributed by atoms with van der Waals surface area (Å²) in [7, 11) is 5.50. The molecule has 0 radical (unpaired) electrons. The number of nitrogens with zero attached hydrogens (tertiary/aromatic N) is 3. The Bertz CT molecular complexity index is 1240. The topological polar surface area (TPSA) is 100 Å². The van der Waals surface area contributed by atoms with Crippen molar-refractivity contribution in [1.82, 2.24) is 15.4 Å². The van der Waals surface area contributed by atoms with E-state index in [9.17, 15) is 4.79 Å². The highest BCUT2D eigenvalue weighted by Crippen LogP contribution is 2.34. The number of likely N-dealkylation sites (N-methyl/N-ethyl adjacent to an activating group) is 1. The van der Waals surface area contributed by atoms with Crippen LogP contribution < -0.4 is 25.8 Å². The van der Waals surface area contributed by atoms with Crippen LogP contribution >= 0.6 is 11.6 Å². The Morgan fingerprint density at radius 2 is 1.87 bits per heavy atom. The van der Waals surface area contributed by atoms with E-state index in [2.05, 4.69) is 26.0 Å². The summed E-state index contributed by atoms with van der Waals surface area (Å²) in [5.74, 6) is 0.889. The normalized spacial score (nSPS) is 13.3. The van der Waals surface area contributed by atoms with E-state index in [4.69, 9.17) is 25.9 Å². The highest BCUT2D eigenvalue weighted by molar-refractivity contribution is 6.33. The maximum Gasteiger partial charge on any atom is 0.276 e. The number of aromatic nitrogens is 1. The van der Waals surface area contributed by atoms with Gasteiger partial charge in [0.15, 0.2) is 0 Å². The molecule has 11 heteroatoms. The first-order valence-electron chi connectivity index (χ1n) is 12.3. The molecule has 1 fully saturated rings. The van der Waals surface area contributed by atoms with Crippen LogP contribution in [0.15, 0.2) is 54.7 Å². The van der Waals surface area contributed by atoms with Crippen LogP contribution in [0.3, 0.4) is 0 Å². The third-order valence-electron chi connectivity index (χ3n) is 5.93. The van der Waals surface area contributed by atoms with Crippen LogP contribution in [0, 0.1) is 0 Å². The number of morpholine rings is 1. The molecule has 0 bridgehead atoms. The number of nitrogens with one attached hydrogen (secondary N) is 3. The van der Waals surface area contributed by atoms with Crippen LogP contribution in [0.1, 0.15) is 10.4 Å². The van der Waals surface area contributed by atoms with Gasteiger partial charge in [-0.1, -0.05) is 23.7 Å². The molecule has 38 heavy (non-hydrogen) atoms. The Labute approximate surface area is 227 Å². The SMILES string of the molecule is COc1cc(N2CCOCC2)ccc1Nc1cc(Nc2ccccc2C(=O)NOCCN(C)C)c(Cl)cn1. The van der Waals surface area contributed by atoms with Crippen molar-refractivity contribution in [1.29, 1.82) is 0 Å². The average Bonchev–Trinajstić information content (AvgIpc) is 2.93. The van der Waals surface area contributed by atoms with Gasteiger partial charge in [-0.3, -0.25) is 9.63 Å². The fraction of sp³-hybridized carbons (Fsp3) is 0.333. The summed E-state index contributed by atoms with van der Waals surface area (Å²) >= 11 is 6.46. The molecule has 2 aromatic carbocycles. The van der Waals surface area contributed by atoms with Gasteiger partial charge in [0.1, 0.15) is 11.6 Å². The van der Waals surface area contributed by atoms with E-state index in [0.29, 0.717) is 59.9 Å². The molecular weight excluding hydrogens is 508 g/mol. The molecule has 2 heterocycles. The van der Waals surface area contributed by atoms with Crippen molar-refractivity contribution in [3.05, 3.63) is 65.3 Å². The largest absolute Gasteiger partial charge is 0.494 e. The maximum atomic E-state index is 12.7. The number of carbonyl (C=O) groups is 1. The lowest BCUT2D eigenvalue weighted by Crippen LogP contribution is -2.36. The molecule has 10 nitrogen and oxygen atoms in total. The molecule has 1 aromatic heterocycles.